The van der Waals surface area contributed by atoms with E-state index in [1.807, 2.05) is 24.3 Å². The zero-order chi connectivity index (χ0) is 20.3. The fourth-order valence-corrected chi connectivity index (χ4v) is 4.64. The first-order chi connectivity index (χ1) is 13.4. The molecular weight excluding hydrogens is 448 g/mol. The maximum atomic E-state index is 12.7. The Morgan fingerprint density at radius 1 is 1.11 bits per heavy atom. The zero-order valence-electron chi connectivity index (χ0n) is 15.4. The van der Waals surface area contributed by atoms with Gasteiger partial charge in [-0.2, -0.15) is 4.31 Å². The molecule has 0 spiro atoms. The van der Waals surface area contributed by atoms with Crippen molar-refractivity contribution in [2.24, 2.45) is 0 Å². The first kappa shape index (κ1) is 20.4. The molecule has 3 aromatic rings. The maximum Gasteiger partial charge on any atom is 0.251 e. The van der Waals surface area contributed by atoms with E-state index in [0.717, 1.165) is 10.0 Å². The molecule has 2 heterocycles. The summed E-state index contributed by atoms with van der Waals surface area (Å²) in [6.07, 6.45) is 1.30. The summed E-state index contributed by atoms with van der Waals surface area (Å²) in [6.45, 7) is 4.18. The summed E-state index contributed by atoms with van der Waals surface area (Å²) in [4.78, 5) is 12.2. The Hall–Kier alpha value is -2.30. The van der Waals surface area contributed by atoms with Crippen LogP contribution in [0.1, 0.15) is 19.7 Å². The van der Waals surface area contributed by atoms with Gasteiger partial charge in [-0.15, -0.1) is 10.2 Å². The molecule has 0 atom stereocenters. The van der Waals surface area contributed by atoms with Crippen molar-refractivity contribution >= 4 is 26.0 Å². The van der Waals surface area contributed by atoms with Gasteiger partial charge in [-0.1, -0.05) is 26.0 Å². The van der Waals surface area contributed by atoms with Gasteiger partial charge in [0.05, 0.1) is 10.5 Å². The van der Waals surface area contributed by atoms with E-state index in [0.29, 0.717) is 19.0 Å². The van der Waals surface area contributed by atoms with E-state index in [1.165, 1.54) is 27.2 Å². The molecular formula is C18H19BrN4O4S. The molecule has 0 unspecified atom stereocenters. The van der Waals surface area contributed by atoms with E-state index in [4.69, 9.17) is 4.42 Å². The molecule has 0 fully saturated rings. The lowest BCUT2D eigenvalue weighted by molar-refractivity contribution is 0.443. The second-order valence-corrected chi connectivity index (χ2v) is 8.69. The number of hydrogen-bond donors (Lipinski definition) is 0. The highest BCUT2D eigenvalue weighted by atomic mass is 79.9. The van der Waals surface area contributed by atoms with Crippen LogP contribution in [0, 0.1) is 0 Å². The molecule has 0 aliphatic rings. The standard InChI is InChI=1S/C18H19BrN4O4S/c1-3-23(4-2)28(25,26)13-9-10-17(24)22(11-13)12-16-20-21-18(27-16)14-7-5-6-8-15(14)19/h5-11H,3-4,12H2,1-2H3. The summed E-state index contributed by atoms with van der Waals surface area (Å²) in [7, 11) is -3.68. The van der Waals surface area contributed by atoms with E-state index >= 15 is 0 Å². The lowest BCUT2D eigenvalue weighted by Gasteiger charge is -2.18. The lowest BCUT2D eigenvalue weighted by atomic mass is 10.2. The normalized spacial score (nSPS) is 11.9. The molecule has 0 bridgehead atoms. The second kappa shape index (κ2) is 8.38. The van der Waals surface area contributed by atoms with E-state index in [2.05, 4.69) is 26.1 Å². The molecule has 0 amide bonds. The third kappa shape index (κ3) is 4.08. The summed E-state index contributed by atoms with van der Waals surface area (Å²) in [5, 5.41) is 7.98. The molecule has 0 radical (unpaired) electrons. The van der Waals surface area contributed by atoms with Crippen LogP contribution in [0.4, 0.5) is 0 Å². The van der Waals surface area contributed by atoms with Crippen LogP contribution in [-0.4, -0.2) is 40.6 Å². The van der Waals surface area contributed by atoms with Gasteiger partial charge in [0.1, 0.15) is 6.54 Å². The summed E-state index contributed by atoms with van der Waals surface area (Å²) < 4.78 is 34.4. The zero-order valence-corrected chi connectivity index (χ0v) is 17.8. The number of pyridine rings is 1. The van der Waals surface area contributed by atoms with Crippen molar-refractivity contribution in [1.82, 2.24) is 19.1 Å². The van der Waals surface area contributed by atoms with Gasteiger partial charge in [-0.3, -0.25) is 4.79 Å². The van der Waals surface area contributed by atoms with Crippen LogP contribution in [-0.2, 0) is 16.6 Å². The topological polar surface area (TPSA) is 98.3 Å². The number of sulfonamides is 1. The Balaban J connectivity index is 1.92. The monoisotopic (exact) mass is 466 g/mol. The maximum absolute atomic E-state index is 12.7. The van der Waals surface area contributed by atoms with Gasteiger partial charge in [-0.05, 0) is 34.1 Å². The quantitative estimate of drug-likeness (QED) is 0.530. The van der Waals surface area contributed by atoms with E-state index in [9.17, 15) is 13.2 Å². The van der Waals surface area contributed by atoms with Crippen molar-refractivity contribution in [2.45, 2.75) is 25.3 Å². The van der Waals surface area contributed by atoms with Crippen LogP contribution in [0.3, 0.4) is 0 Å². The summed E-state index contributed by atoms with van der Waals surface area (Å²) in [6, 6.07) is 9.92. The van der Waals surface area contributed by atoms with E-state index in [-0.39, 0.29) is 22.9 Å². The smallest absolute Gasteiger partial charge is 0.251 e. The molecule has 8 nitrogen and oxygen atoms in total. The van der Waals surface area contributed by atoms with Crippen LogP contribution in [0.15, 0.2) is 61.2 Å². The fraction of sp³-hybridized carbons (Fsp3) is 0.278. The predicted molar refractivity (Wildman–Crippen MR) is 107 cm³/mol. The molecule has 28 heavy (non-hydrogen) atoms. The van der Waals surface area contributed by atoms with E-state index in [1.54, 1.807) is 13.8 Å². The van der Waals surface area contributed by atoms with Gasteiger partial charge in [0, 0.05) is 29.8 Å². The van der Waals surface area contributed by atoms with Crippen LogP contribution < -0.4 is 5.56 Å². The van der Waals surface area contributed by atoms with Gasteiger partial charge < -0.3 is 8.98 Å². The summed E-state index contributed by atoms with van der Waals surface area (Å²) in [5.74, 6) is 0.507. The minimum absolute atomic E-state index is 0.0299. The molecule has 1 aromatic carbocycles. The highest BCUT2D eigenvalue weighted by Gasteiger charge is 2.22. The van der Waals surface area contributed by atoms with E-state index < -0.39 is 10.0 Å². The van der Waals surface area contributed by atoms with Gasteiger partial charge in [0.15, 0.2) is 0 Å². The van der Waals surface area contributed by atoms with Crippen molar-refractivity contribution < 1.29 is 12.8 Å². The highest BCUT2D eigenvalue weighted by molar-refractivity contribution is 9.10. The Morgan fingerprint density at radius 3 is 2.50 bits per heavy atom. The van der Waals surface area contributed by atoms with Crippen LogP contribution in [0.2, 0.25) is 0 Å². The lowest BCUT2D eigenvalue weighted by Crippen LogP contribution is -2.32. The van der Waals surface area contributed by atoms with Crippen molar-refractivity contribution in [1.29, 1.82) is 0 Å². The Labute approximate surface area is 171 Å². The molecule has 3 rings (SSSR count). The molecule has 148 valence electrons. The molecule has 0 aliphatic carbocycles. The van der Waals surface area contributed by atoms with Crippen LogP contribution >= 0.6 is 15.9 Å². The first-order valence-electron chi connectivity index (χ1n) is 8.64. The first-order valence-corrected chi connectivity index (χ1v) is 10.9. The SMILES string of the molecule is CCN(CC)S(=O)(=O)c1ccc(=O)n(Cc2nnc(-c3ccccc3Br)o2)c1. The third-order valence-corrected chi connectivity index (χ3v) is 6.90. The number of benzene rings is 1. The summed E-state index contributed by atoms with van der Waals surface area (Å²) >= 11 is 3.42. The number of aromatic nitrogens is 3. The minimum Gasteiger partial charge on any atom is -0.419 e. The fourth-order valence-electron chi connectivity index (χ4n) is 2.70. The third-order valence-electron chi connectivity index (χ3n) is 4.18. The average Bonchev–Trinajstić information content (AvgIpc) is 3.13. The largest absolute Gasteiger partial charge is 0.419 e. The van der Waals surface area contributed by atoms with Crippen molar-refractivity contribution in [3.05, 3.63) is 63.3 Å². The van der Waals surface area contributed by atoms with Crippen LogP contribution in [0.5, 0.6) is 0 Å². The van der Waals surface area contributed by atoms with Gasteiger partial charge in [-0.25, -0.2) is 8.42 Å². The van der Waals surface area contributed by atoms with Crippen molar-refractivity contribution in [2.75, 3.05) is 13.1 Å². The number of rotatable bonds is 7. The number of nitrogens with zero attached hydrogens (tertiary/aromatic N) is 4. The minimum atomic E-state index is -3.68. The van der Waals surface area contributed by atoms with Gasteiger partial charge >= 0.3 is 0 Å². The number of halogens is 1. The Bertz CT molecular complexity index is 1140. The van der Waals surface area contributed by atoms with Crippen molar-refractivity contribution in [3.63, 3.8) is 0 Å². The molecule has 10 heteroatoms. The average molecular weight is 467 g/mol. The Morgan fingerprint density at radius 2 is 1.82 bits per heavy atom. The molecule has 0 saturated carbocycles. The second-order valence-electron chi connectivity index (χ2n) is 5.90. The summed E-state index contributed by atoms with van der Waals surface area (Å²) in [5.41, 5.74) is 0.366. The molecule has 2 aromatic heterocycles. The highest BCUT2D eigenvalue weighted by Crippen LogP contribution is 2.26. The molecule has 0 N–H and O–H groups in total. The Kier molecular flexibility index (Phi) is 6.11. The van der Waals surface area contributed by atoms with Crippen molar-refractivity contribution in [3.8, 4) is 11.5 Å². The van der Waals surface area contributed by atoms with Gasteiger partial charge in [0.2, 0.25) is 21.8 Å². The predicted octanol–water partition coefficient (Wildman–Crippen LogP) is 2.74. The molecule has 0 saturated heterocycles. The number of hydrogen-bond acceptors (Lipinski definition) is 6. The van der Waals surface area contributed by atoms with Crippen LogP contribution in [0.25, 0.3) is 11.5 Å². The molecule has 0 aliphatic heterocycles. The van der Waals surface area contributed by atoms with Gasteiger partial charge in [0.25, 0.3) is 5.56 Å².